The van der Waals surface area contributed by atoms with Crippen LogP contribution in [0.1, 0.15) is 18.9 Å². The van der Waals surface area contributed by atoms with Crippen molar-refractivity contribution in [1.82, 2.24) is 10.1 Å². The fourth-order valence-electron chi connectivity index (χ4n) is 2.88. The van der Waals surface area contributed by atoms with Crippen molar-refractivity contribution in [1.29, 1.82) is 0 Å². The molecule has 4 rings (SSSR count). The predicted molar refractivity (Wildman–Crippen MR) is 111 cm³/mol. The molecular formula is C23H21N3O3. The molecule has 0 saturated carbocycles. The van der Waals surface area contributed by atoms with E-state index >= 15 is 0 Å². The molecule has 146 valence electrons. The summed E-state index contributed by atoms with van der Waals surface area (Å²) in [6.07, 6.45) is 0. The lowest BCUT2D eigenvalue weighted by atomic mass is 10.2. The fraction of sp³-hybridized carbons (Fsp3) is 0.130. The Hall–Kier alpha value is -3.80. The minimum atomic E-state index is -0.138. The Bertz CT molecular complexity index is 1060. The van der Waals surface area contributed by atoms with Gasteiger partial charge in [0.2, 0.25) is 11.7 Å². The lowest BCUT2D eigenvalue weighted by Gasteiger charge is -2.13. The van der Waals surface area contributed by atoms with Crippen LogP contribution >= 0.6 is 0 Å². The van der Waals surface area contributed by atoms with Crippen LogP contribution in [0.25, 0.3) is 11.4 Å². The van der Waals surface area contributed by atoms with Crippen LogP contribution < -0.4 is 14.8 Å². The van der Waals surface area contributed by atoms with Gasteiger partial charge in [-0.15, -0.1) is 0 Å². The molecule has 0 aliphatic carbocycles. The molecule has 4 aromatic rings. The van der Waals surface area contributed by atoms with Crippen molar-refractivity contribution in [2.75, 3.05) is 12.4 Å². The third-order valence-electron chi connectivity index (χ3n) is 4.38. The van der Waals surface area contributed by atoms with E-state index in [1.807, 2.05) is 85.8 Å². The van der Waals surface area contributed by atoms with Crippen LogP contribution in [-0.2, 0) is 0 Å². The molecule has 0 aliphatic rings. The highest BCUT2D eigenvalue weighted by Crippen LogP contribution is 2.31. The lowest BCUT2D eigenvalue weighted by Crippen LogP contribution is -2.06. The number of aromatic nitrogens is 2. The van der Waals surface area contributed by atoms with Crippen molar-refractivity contribution in [2.24, 2.45) is 0 Å². The van der Waals surface area contributed by atoms with Crippen molar-refractivity contribution < 1.29 is 14.0 Å². The maximum atomic E-state index is 5.90. The quantitative estimate of drug-likeness (QED) is 0.438. The predicted octanol–water partition coefficient (Wildman–Crippen LogP) is 5.71. The Labute approximate surface area is 169 Å². The van der Waals surface area contributed by atoms with Gasteiger partial charge >= 0.3 is 0 Å². The zero-order valence-electron chi connectivity index (χ0n) is 16.2. The Balaban J connectivity index is 1.42. The average molecular weight is 387 g/mol. The second-order valence-electron chi connectivity index (χ2n) is 6.47. The van der Waals surface area contributed by atoms with E-state index in [-0.39, 0.29) is 6.04 Å². The van der Waals surface area contributed by atoms with Crippen LogP contribution in [-0.4, -0.2) is 17.3 Å². The van der Waals surface area contributed by atoms with Gasteiger partial charge in [-0.2, -0.15) is 4.98 Å². The first-order chi connectivity index (χ1) is 14.2. The SMILES string of the molecule is COc1ccccc1Oc1ccc(NC(C)c2nc(-c3ccccc3)no2)cc1. The summed E-state index contributed by atoms with van der Waals surface area (Å²) in [5.74, 6) is 3.18. The summed E-state index contributed by atoms with van der Waals surface area (Å²) in [6, 6.07) is 24.8. The summed E-state index contributed by atoms with van der Waals surface area (Å²) in [5.41, 5.74) is 1.84. The maximum Gasteiger partial charge on any atom is 0.249 e. The monoisotopic (exact) mass is 387 g/mol. The van der Waals surface area contributed by atoms with Gasteiger partial charge in [0.1, 0.15) is 11.8 Å². The van der Waals surface area contributed by atoms with Crippen molar-refractivity contribution in [3.05, 3.63) is 84.8 Å². The summed E-state index contributed by atoms with van der Waals surface area (Å²) in [5, 5.41) is 7.43. The molecule has 29 heavy (non-hydrogen) atoms. The van der Waals surface area contributed by atoms with Gasteiger partial charge in [0.15, 0.2) is 11.5 Å². The number of para-hydroxylation sites is 2. The molecule has 0 fully saturated rings. The Morgan fingerprint density at radius 2 is 1.55 bits per heavy atom. The van der Waals surface area contributed by atoms with E-state index in [0.717, 1.165) is 17.0 Å². The number of nitrogens with zero attached hydrogens (tertiary/aromatic N) is 2. The third kappa shape index (κ3) is 4.38. The van der Waals surface area contributed by atoms with Gasteiger partial charge in [-0.05, 0) is 43.3 Å². The number of benzene rings is 3. The summed E-state index contributed by atoms with van der Waals surface area (Å²) in [7, 11) is 1.62. The number of hydrogen-bond donors (Lipinski definition) is 1. The molecule has 6 heteroatoms. The van der Waals surface area contributed by atoms with Gasteiger partial charge in [0.05, 0.1) is 7.11 Å². The summed E-state index contributed by atoms with van der Waals surface area (Å²) in [6.45, 7) is 1.97. The van der Waals surface area contributed by atoms with Gasteiger partial charge in [-0.25, -0.2) is 0 Å². The standard InChI is InChI=1S/C23H21N3O3/c1-16(23-25-22(26-29-23)17-8-4-3-5-9-17)24-18-12-14-19(15-13-18)28-21-11-7-6-10-20(21)27-2/h3-16,24H,1-2H3. The summed E-state index contributed by atoms with van der Waals surface area (Å²) in [4.78, 5) is 4.49. The van der Waals surface area contributed by atoms with Crippen molar-refractivity contribution in [3.8, 4) is 28.6 Å². The maximum absolute atomic E-state index is 5.90. The minimum absolute atomic E-state index is 0.138. The fourth-order valence-corrected chi connectivity index (χ4v) is 2.88. The van der Waals surface area contributed by atoms with E-state index in [1.165, 1.54) is 0 Å². The van der Waals surface area contributed by atoms with Gasteiger partial charge in [0.25, 0.3) is 0 Å². The number of ether oxygens (including phenoxy) is 2. The first-order valence-electron chi connectivity index (χ1n) is 9.29. The van der Waals surface area contributed by atoms with Gasteiger partial charge in [-0.1, -0.05) is 47.6 Å². The molecule has 1 atom stereocenters. The number of nitrogens with one attached hydrogen (secondary N) is 1. The molecule has 1 N–H and O–H groups in total. The van der Waals surface area contributed by atoms with Crippen LogP contribution in [0.3, 0.4) is 0 Å². The van der Waals surface area contributed by atoms with Crippen molar-refractivity contribution >= 4 is 5.69 Å². The second kappa shape index (κ2) is 8.48. The van der Waals surface area contributed by atoms with Crippen LogP contribution in [0.5, 0.6) is 17.2 Å². The molecule has 0 amide bonds. The van der Waals surface area contributed by atoms with Crippen LogP contribution in [0.4, 0.5) is 5.69 Å². The smallest absolute Gasteiger partial charge is 0.249 e. The van der Waals surface area contributed by atoms with E-state index in [2.05, 4.69) is 15.5 Å². The average Bonchev–Trinajstić information content (AvgIpc) is 3.27. The van der Waals surface area contributed by atoms with E-state index < -0.39 is 0 Å². The topological polar surface area (TPSA) is 69.4 Å². The normalized spacial score (nSPS) is 11.7. The molecule has 0 radical (unpaired) electrons. The molecule has 1 heterocycles. The van der Waals surface area contributed by atoms with Crippen LogP contribution in [0.2, 0.25) is 0 Å². The number of rotatable bonds is 7. The van der Waals surface area contributed by atoms with E-state index in [4.69, 9.17) is 14.0 Å². The minimum Gasteiger partial charge on any atom is -0.493 e. The number of methoxy groups -OCH3 is 1. The van der Waals surface area contributed by atoms with Crippen molar-refractivity contribution in [2.45, 2.75) is 13.0 Å². The van der Waals surface area contributed by atoms with Crippen LogP contribution in [0.15, 0.2) is 83.4 Å². The molecule has 1 unspecified atom stereocenters. The van der Waals surface area contributed by atoms with Gasteiger partial charge in [-0.3, -0.25) is 0 Å². The largest absolute Gasteiger partial charge is 0.493 e. The zero-order valence-corrected chi connectivity index (χ0v) is 16.2. The highest BCUT2D eigenvalue weighted by molar-refractivity contribution is 5.54. The molecule has 1 aromatic heterocycles. The lowest BCUT2D eigenvalue weighted by molar-refractivity contribution is 0.368. The molecule has 0 aliphatic heterocycles. The van der Waals surface area contributed by atoms with E-state index in [1.54, 1.807) is 7.11 Å². The zero-order chi connectivity index (χ0) is 20.1. The van der Waals surface area contributed by atoms with Gasteiger partial charge < -0.3 is 19.3 Å². The second-order valence-corrected chi connectivity index (χ2v) is 6.47. The number of anilines is 1. The first kappa shape index (κ1) is 18.6. The highest BCUT2D eigenvalue weighted by atomic mass is 16.5. The third-order valence-corrected chi connectivity index (χ3v) is 4.38. The Kier molecular flexibility index (Phi) is 5.42. The summed E-state index contributed by atoms with van der Waals surface area (Å²) >= 11 is 0. The first-order valence-corrected chi connectivity index (χ1v) is 9.29. The molecule has 0 saturated heterocycles. The van der Waals surface area contributed by atoms with Crippen molar-refractivity contribution in [3.63, 3.8) is 0 Å². The summed E-state index contributed by atoms with van der Waals surface area (Å²) < 4.78 is 16.6. The Morgan fingerprint density at radius 1 is 0.862 bits per heavy atom. The molecular weight excluding hydrogens is 366 g/mol. The number of hydrogen-bond acceptors (Lipinski definition) is 6. The molecule has 3 aromatic carbocycles. The molecule has 6 nitrogen and oxygen atoms in total. The molecule has 0 bridgehead atoms. The van der Waals surface area contributed by atoms with E-state index in [0.29, 0.717) is 23.2 Å². The van der Waals surface area contributed by atoms with E-state index in [9.17, 15) is 0 Å². The van der Waals surface area contributed by atoms with Gasteiger partial charge in [0, 0.05) is 11.3 Å². The Morgan fingerprint density at radius 3 is 2.28 bits per heavy atom. The highest BCUT2D eigenvalue weighted by Gasteiger charge is 2.15. The van der Waals surface area contributed by atoms with Crippen LogP contribution in [0, 0.1) is 0 Å². The molecule has 0 spiro atoms.